The highest BCUT2D eigenvalue weighted by Gasteiger charge is 2.22. The third-order valence-electron chi connectivity index (χ3n) is 5.37. The third-order valence-corrected chi connectivity index (χ3v) is 5.37. The highest BCUT2D eigenvalue weighted by molar-refractivity contribution is 5.79. The van der Waals surface area contributed by atoms with Crippen LogP contribution in [0.3, 0.4) is 0 Å². The molecule has 0 spiro atoms. The predicted molar refractivity (Wildman–Crippen MR) is 113 cm³/mol. The lowest BCUT2D eigenvalue weighted by Gasteiger charge is -2.35. The fraction of sp³-hybridized carbons (Fsp3) is 0.682. The first-order valence-corrected chi connectivity index (χ1v) is 10.2. The Labute approximate surface area is 160 Å². The van der Waals surface area contributed by atoms with Gasteiger partial charge >= 0.3 is 0 Å². The van der Waals surface area contributed by atoms with Crippen molar-refractivity contribution in [2.75, 3.05) is 32.7 Å². The van der Waals surface area contributed by atoms with Gasteiger partial charge in [0.2, 0.25) is 0 Å². The van der Waals surface area contributed by atoms with E-state index in [0.29, 0.717) is 12.0 Å². The number of guanidine groups is 1. The largest absolute Gasteiger partial charge is 0.357 e. The Morgan fingerprint density at radius 2 is 1.96 bits per heavy atom. The Hall–Kier alpha value is -1.55. The fourth-order valence-corrected chi connectivity index (χ4v) is 3.57. The monoisotopic (exact) mass is 358 g/mol. The molecule has 1 aromatic rings. The number of nitrogens with one attached hydrogen (secondary N) is 2. The molecular weight excluding hydrogens is 320 g/mol. The van der Waals surface area contributed by atoms with Gasteiger partial charge in [0.25, 0.3) is 0 Å². The number of nitrogens with zero attached hydrogens (tertiary/aromatic N) is 2. The Kier molecular flexibility index (Phi) is 7.95. The molecule has 1 aliphatic heterocycles. The minimum atomic E-state index is 0.0306. The van der Waals surface area contributed by atoms with E-state index in [2.05, 4.69) is 80.5 Å². The smallest absolute Gasteiger partial charge is 0.191 e. The van der Waals surface area contributed by atoms with Crippen molar-refractivity contribution in [3.05, 3.63) is 35.9 Å². The van der Waals surface area contributed by atoms with Gasteiger partial charge in [-0.05, 0) is 51.6 Å². The van der Waals surface area contributed by atoms with E-state index in [4.69, 9.17) is 4.99 Å². The molecule has 2 rings (SSSR count). The lowest BCUT2D eigenvalue weighted by Crippen LogP contribution is -2.46. The van der Waals surface area contributed by atoms with Crippen LogP contribution in [-0.4, -0.2) is 49.6 Å². The third kappa shape index (κ3) is 6.31. The number of hydrogen-bond acceptors (Lipinski definition) is 2. The van der Waals surface area contributed by atoms with Gasteiger partial charge in [0.05, 0.1) is 6.54 Å². The number of benzene rings is 1. The summed E-state index contributed by atoms with van der Waals surface area (Å²) in [5.74, 6) is 1.65. The lowest BCUT2D eigenvalue weighted by atomic mass is 9.85. The first-order chi connectivity index (χ1) is 12.4. The number of likely N-dealkylation sites (tertiary alicyclic amines) is 1. The van der Waals surface area contributed by atoms with Gasteiger partial charge in [0, 0.05) is 31.1 Å². The molecule has 2 N–H and O–H groups in total. The minimum absolute atomic E-state index is 0.0306. The lowest BCUT2D eigenvalue weighted by molar-refractivity contribution is 0.141. The maximum atomic E-state index is 4.88. The van der Waals surface area contributed by atoms with Gasteiger partial charge in [-0.2, -0.15) is 0 Å². The van der Waals surface area contributed by atoms with Gasteiger partial charge in [0.15, 0.2) is 5.96 Å². The summed E-state index contributed by atoms with van der Waals surface area (Å²) in [5.41, 5.74) is 1.36. The van der Waals surface area contributed by atoms with Gasteiger partial charge in [-0.15, -0.1) is 0 Å². The van der Waals surface area contributed by atoms with Crippen LogP contribution < -0.4 is 10.6 Å². The van der Waals surface area contributed by atoms with E-state index in [1.165, 1.54) is 31.5 Å². The Morgan fingerprint density at radius 1 is 1.23 bits per heavy atom. The molecule has 1 aromatic carbocycles. The average Bonchev–Trinajstić information content (AvgIpc) is 2.65. The van der Waals surface area contributed by atoms with Crippen LogP contribution in [0.4, 0.5) is 0 Å². The number of piperidine rings is 1. The summed E-state index contributed by atoms with van der Waals surface area (Å²) in [4.78, 5) is 7.48. The first-order valence-electron chi connectivity index (χ1n) is 10.2. The molecule has 1 saturated heterocycles. The standard InChI is InChI=1S/C22H38N4/c1-6-23-21(24-15-19-11-10-14-26(16-19)18(2)3)25-17-22(4,5)20-12-8-7-9-13-20/h7-9,12-13,18-19H,6,10-11,14-17H2,1-5H3,(H2,23,24,25). The maximum Gasteiger partial charge on any atom is 0.191 e. The van der Waals surface area contributed by atoms with E-state index in [0.717, 1.165) is 25.6 Å². The summed E-state index contributed by atoms with van der Waals surface area (Å²) >= 11 is 0. The van der Waals surface area contributed by atoms with Gasteiger partial charge in [-0.1, -0.05) is 44.2 Å². The van der Waals surface area contributed by atoms with Gasteiger partial charge < -0.3 is 15.5 Å². The van der Waals surface area contributed by atoms with Crippen LogP contribution in [0, 0.1) is 5.92 Å². The van der Waals surface area contributed by atoms with Crippen molar-refractivity contribution in [2.45, 2.75) is 58.9 Å². The van der Waals surface area contributed by atoms with Crippen molar-refractivity contribution in [1.29, 1.82) is 0 Å². The van der Waals surface area contributed by atoms with Crippen molar-refractivity contribution >= 4 is 5.96 Å². The summed E-state index contributed by atoms with van der Waals surface area (Å²) in [6, 6.07) is 11.3. The second kappa shape index (κ2) is 9.96. The number of rotatable bonds is 7. The number of aliphatic imine (C=N–C) groups is 1. The van der Waals surface area contributed by atoms with Crippen LogP contribution in [-0.2, 0) is 5.41 Å². The summed E-state index contributed by atoms with van der Waals surface area (Å²) in [6.07, 6.45) is 2.62. The molecule has 1 aliphatic rings. The summed E-state index contributed by atoms with van der Waals surface area (Å²) in [5, 5.41) is 6.99. The van der Waals surface area contributed by atoms with Gasteiger partial charge in [-0.3, -0.25) is 4.99 Å². The predicted octanol–water partition coefficient (Wildman–Crippen LogP) is 3.64. The molecule has 0 bridgehead atoms. The molecule has 1 fully saturated rings. The fourth-order valence-electron chi connectivity index (χ4n) is 3.57. The minimum Gasteiger partial charge on any atom is -0.357 e. The van der Waals surface area contributed by atoms with Crippen LogP contribution in [0.5, 0.6) is 0 Å². The van der Waals surface area contributed by atoms with Crippen LogP contribution in [0.1, 0.15) is 53.0 Å². The molecule has 0 amide bonds. The zero-order valence-electron chi connectivity index (χ0n) is 17.4. The first kappa shape index (κ1) is 20.8. The Balaban J connectivity index is 1.92. The normalized spacial score (nSPS) is 19.6. The molecule has 1 heterocycles. The molecule has 1 unspecified atom stereocenters. The molecular formula is C22H38N4. The second-order valence-electron chi connectivity index (χ2n) is 8.42. The molecule has 4 nitrogen and oxygen atoms in total. The van der Waals surface area contributed by atoms with Crippen molar-refractivity contribution in [3.63, 3.8) is 0 Å². The molecule has 0 radical (unpaired) electrons. The molecule has 0 aliphatic carbocycles. The van der Waals surface area contributed by atoms with Crippen molar-refractivity contribution in [3.8, 4) is 0 Å². The zero-order valence-corrected chi connectivity index (χ0v) is 17.4. The van der Waals surface area contributed by atoms with E-state index in [1.807, 2.05) is 0 Å². The summed E-state index contributed by atoms with van der Waals surface area (Å²) < 4.78 is 0. The summed E-state index contributed by atoms with van der Waals surface area (Å²) in [7, 11) is 0. The highest BCUT2D eigenvalue weighted by atomic mass is 15.2. The van der Waals surface area contributed by atoms with Crippen LogP contribution in [0.2, 0.25) is 0 Å². The van der Waals surface area contributed by atoms with E-state index >= 15 is 0 Å². The van der Waals surface area contributed by atoms with Crippen LogP contribution >= 0.6 is 0 Å². The molecule has 1 atom stereocenters. The number of hydrogen-bond donors (Lipinski definition) is 2. The quantitative estimate of drug-likeness (QED) is 0.577. The van der Waals surface area contributed by atoms with E-state index in [9.17, 15) is 0 Å². The van der Waals surface area contributed by atoms with E-state index < -0.39 is 0 Å². The molecule has 0 saturated carbocycles. The van der Waals surface area contributed by atoms with E-state index in [-0.39, 0.29) is 5.41 Å². The van der Waals surface area contributed by atoms with Gasteiger partial charge in [-0.25, -0.2) is 0 Å². The van der Waals surface area contributed by atoms with Crippen molar-refractivity contribution in [2.24, 2.45) is 10.9 Å². The van der Waals surface area contributed by atoms with Gasteiger partial charge in [0.1, 0.15) is 0 Å². The van der Waals surface area contributed by atoms with Crippen LogP contribution in [0.25, 0.3) is 0 Å². The Morgan fingerprint density at radius 3 is 2.62 bits per heavy atom. The highest BCUT2D eigenvalue weighted by Crippen LogP contribution is 2.23. The van der Waals surface area contributed by atoms with E-state index in [1.54, 1.807) is 0 Å². The molecule has 0 aromatic heterocycles. The van der Waals surface area contributed by atoms with Crippen LogP contribution in [0.15, 0.2) is 35.3 Å². The molecule has 146 valence electrons. The summed E-state index contributed by atoms with van der Waals surface area (Å²) in [6.45, 7) is 16.3. The average molecular weight is 359 g/mol. The Bertz CT molecular complexity index is 551. The second-order valence-corrected chi connectivity index (χ2v) is 8.42. The van der Waals surface area contributed by atoms with Crippen molar-refractivity contribution in [1.82, 2.24) is 15.5 Å². The maximum absolute atomic E-state index is 4.88. The molecule has 26 heavy (non-hydrogen) atoms. The topological polar surface area (TPSA) is 39.7 Å². The van der Waals surface area contributed by atoms with Crippen molar-refractivity contribution < 1.29 is 0 Å². The molecule has 4 heteroatoms. The SMILES string of the molecule is CCNC(=NCC(C)(C)c1ccccc1)NCC1CCCN(C(C)C)C1. The zero-order chi connectivity index (χ0) is 19.0.